The number of rotatable bonds is 6. The summed E-state index contributed by atoms with van der Waals surface area (Å²) in [6, 6.07) is -1.23. The smallest absolute Gasteiger partial charge is 0.322 e. The first kappa shape index (κ1) is 17.2. The van der Waals surface area contributed by atoms with Gasteiger partial charge in [0, 0.05) is 12.8 Å². The molecule has 0 rings (SSSR count). The van der Waals surface area contributed by atoms with Gasteiger partial charge in [-0.25, -0.2) is 8.78 Å². The lowest BCUT2D eigenvalue weighted by molar-refractivity contribution is -0.145. The molecule has 0 aromatic rings. The lowest BCUT2D eigenvalue weighted by Gasteiger charge is -2.18. The molecule has 1 atom stereocenters. The third kappa shape index (κ3) is 7.67. The van der Waals surface area contributed by atoms with Gasteiger partial charge >= 0.3 is 5.97 Å². The van der Waals surface area contributed by atoms with Gasteiger partial charge < -0.3 is 10.5 Å². The Hall–Kier alpha value is -0.230. The molecule has 0 spiro atoms. The van der Waals surface area contributed by atoms with Crippen LogP contribution in [0.3, 0.4) is 0 Å². The van der Waals surface area contributed by atoms with Crippen LogP contribution in [0.4, 0.5) is 8.78 Å². The number of esters is 1. The van der Waals surface area contributed by atoms with Gasteiger partial charge in [-0.3, -0.25) is 4.79 Å². The predicted molar refractivity (Wildman–Crippen MR) is 59.4 cm³/mol. The molecule has 0 aromatic heterocycles. The third-order valence-corrected chi connectivity index (χ3v) is 1.92. The zero-order valence-corrected chi connectivity index (χ0v) is 10.7. The number of hydrogen-bond donors (Lipinski definition) is 1. The molecule has 3 nitrogen and oxygen atoms in total. The first-order chi connectivity index (χ1) is 6.43. The van der Waals surface area contributed by atoms with Crippen LogP contribution >= 0.6 is 17.0 Å². The molecule has 0 saturated heterocycles. The van der Waals surface area contributed by atoms with E-state index in [1.807, 2.05) is 6.92 Å². The van der Waals surface area contributed by atoms with Crippen molar-refractivity contribution in [3.8, 4) is 0 Å². The Morgan fingerprint density at radius 3 is 2.47 bits per heavy atom. The second-order valence-corrected chi connectivity index (χ2v) is 3.29. The highest BCUT2D eigenvalue weighted by Crippen LogP contribution is 2.26. The zero-order valence-electron chi connectivity index (χ0n) is 8.96. The normalized spacial score (nSPS) is 12.9. The molecule has 2 N–H and O–H groups in total. The van der Waals surface area contributed by atoms with Crippen LogP contribution in [0.25, 0.3) is 0 Å². The van der Waals surface area contributed by atoms with Crippen LogP contribution in [0.1, 0.15) is 32.6 Å². The van der Waals surface area contributed by atoms with Crippen molar-refractivity contribution in [2.75, 3.05) is 7.11 Å². The van der Waals surface area contributed by atoms with Gasteiger partial charge in [-0.2, -0.15) is 0 Å². The summed E-state index contributed by atoms with van der Waals surface area (Å²) in [5.41, 5.74) is 5.23. The molecule has 0 aromatic carbocycles. The van der Waals surface area contributed by atoms with Crippen LogP contribution in [0.15, 0.2) is 0 Å². The molecule has 0 heterocycles. The van der Waals surface area contributed by atoms with Gasteiger partial charge in [0.2, 0.25) is 5.92 Å². The first-order valence-corrected chi connectivity index (χ1v) is 4.64. The average molecular weight is 290 g/mol. The van der Waals surface area contributed by atoms with Gasteiger partial charge in [0.15, 0.2) is 0 Å². The summed E-state index contributed by atoms with van der Waals surface area (Å²) < 4.78 is 30.4. The van der Waals surface area contributed by atoms with E-state index < -0.39 is 24.4 Å². The fourth-order valence-electron chi connectivity index (χ4n) is 1.09. The summed E-state index contributed by atoms with van der Waals surface area (Å²) in [4.78, 5) is 10.8. The minimum atomic E-state index is -2.87. The Balaban J connectivity index is 0. The van der Waals surface area contributed by atoms with Crippen LogP contribution in [-0.4, -0.2) is 25.0 Å². The van der Waals surface area contributed by atoms with Gasteiger partial charge in [0.25, 0.3) is 0 Å². The molecule has 92 valence electrons. The maximum absolute atomic E-state index is 13.1. The minimum Gasteiger partial charge on any atom is -0.468 e. The van der Waals surface area contributed by atoms with E-state index in [0.29, 0.717) is 12.8 Å². The van der Waals surface area contributed by atoms with Gasteiger partial charge in [0.05, 0.1) is 7.11 Å². The molecule has 0 bridgehead atoms. The Labute approximate surface area is 99.1 Å². The first-order valence-electron chi connectivity index (χ1n) is 4.64. The van der Waals surface area contributed by atoms with Crippen LogP contribution in [0.5, 0.6) is 0 Å². The van der Waals surface area contributed by atoms with Crippen molar-refractivity contribution < 1.29 is 18.3 Å². The molecular weight excluding hydrogens is 272 g/mol. The van der Waals surface area contributed by atoms with Crippen molar-refractivity contribution in [1.29, 1.82) is 0 Å². The van der Waals surface area contributed by atoms with Crippen molar-refractivity contribution in [2.24, 2.45) is 5.73 Å². The standard InChI is InChI=1S/C9H17F2NO2.BrH/c1-3-4-5-9(10,11)6-7(12)8(13)14-2;/h7H,3-6,12H2,1-2H3;1H. The Kier molecular flexibility index (Phi) is 9.14. The molecule has 0 fully saturated rings. The molecule has 0 aliphatic carbocycles. The van der Waals surface area contributed by atoms with E-state index in [9.17, 15) is 13.6 Å². The lowest BCUT2D eigenvalue weighted by atomic mass is 10.0. The van der Waals surface area contributed by atoms with Gasteiger partial charge in [-0.15, -0.1) is 17.0 Å². The van der Waals surface area contributed by atoms with Crippen molar-refractivity contribution in [2.45, 2.75) is 44.6 Å². The maximum Gasteiger partial charge on any atom is 0.322 e. The number of methoxy groups -OCH3 is 1. The number of alkyl halides is 2. The van der Waals surface area contributed by atoms with Crippen molar-refractivity contribution >= 4 is 23.0 Å². The molecular formula is C9H18BrF2NO2. The van der Waals surface area contributed by atoms with E-state index >= 15 is 0 Å². The number of halogens is 3. The average Bonchev–Trinajstić information content (AvgIpc) is 2.12. The molecule has 6 heteroatoms. The number of ether oxygens (including phenoxy) is 1. The zero-order chi connectivity index (χ0) is 11.2. The van der Waals surface area contributed by atoms with Crippen molar-refractivity contribution in [3.63, 3.8) is 0 Å². The molecule has 0 radical (unpaired) electrons. The SMILES string of the molecule is Br.CCCCC(F)(F)CC(N)C(=O)OC. The molecule has 1 unspecified atom stereocenters. The topological polar surface area (TPSA) is 52.3 Å². The van der Waals surface area contributed by atoms with Crippen LogP contribution in [0.2, 0.25) is 0 Å². The quantitative estimate of drug-likeness (QED) is 0.764. The number of hydrogen-bond acceptors (Lipinski definition) is 3. The lowest BCUT2D eigenvalue weighted by Crippen LogP contribution is -2.37. The van der Waals surface area contributed by atoms with E-state index in [1.54, 1.807) is 0 Å². The maximum atomic E-state index is 13.1. The molecule has 0 aliphatic rings. The third-order valence-electron chi connectivity index (χ3n) is 1.92. The molecule has 0 aliphatic heterocycles. The summed E-state index contributed by atoms with van der Waals surface area (Å²) in [5.74, 6) is -3.66. The Bertz CT molecular complexity index is 191. The van der Waals surface area contributed by atoms with E-state index in [4.69, 9.17) is 5.73 Å². The summed E-state index contributed by atoms with van der Waals surface area (Å²) in [5, 5.41) is 0. The van der Waals surface area contributed by atoms with E-state index in [2.05, 4.69) is 4.74 Å². The van der Waals surface area contributed by atoms with Crippen molar-refractivity contribution in [1.82, 2.24) is 0 Å². The Morgan fingerprint density at radius 2 is 2.07 bits per heavy atom. The summed E-state index contributed by atoms with van der Waals surface area (Å²) in [6.45, 7) is 1.83. The second-order valence-electron chi connectivity index (χ2n) is 3.29. The van der Waals surface area contributed by atoms with Crippen LogP contribution < -0.4 is 5.73 Å². The molecule has 0 amide bonds. The van der Waals surface area contributed by atoms with Gasteiger partial charge in [-0.05, 0) is 6.42 Å². The number of nitrogens with two attached hydrogens (primary N) is 1. The minimum absolute atomic E-state index is 0. The van der Waals surface area contributed by atoms with Crippen LogP contribution in [0, 0.1) is 0 Å². The molecule has 0 saturated carbocycles. The second kappa shape index (κ2) is 7.98. The summed E-state index contributed by atoms with van der Waals surface area (Å²) in [7, 11) is 1.13. The van der Waals surface area contributed by atoms with E-state index in [0.717, 1.165) is 7.11 Å². The predicted octanol–water partition coefficient (Wildman–Crippen LogP) is 2.28. The highest BCUT2D eigenvalue weighted by molar-refractivity contribution is 8.93. The fourth-order valence-corrected chi connectivity index (χ4v) is 1.09. The Morgan fingerprint density at radius 1 is 1.53 bits per heavy atom. The monoisotopic (exact) mass is 289 g/mol. The van der Waals surface area contributed by atoms with Gasteiger partial charge in [-0.1, -0.05) is 13.3 Å². The molecule has 15 heavy (non-hydrogen) atoms. The fraction of sp³-hybridized carbons (Fsp3) is 0.889. The van der Waals surface area contributed by atoms with Crippen LogP contribution in [-0.2, 0) is 9.53 Å². The summed E-state index contributed by atoms with van der Waals surface area (Å²) >= 11 is 0. The van der Waals surface area contributed by atoms with E-state index in [1.165, 1.54) is 0 Å². The van der Waals surface area contributed by atoms with Gasteiger partial charge in [0.1, 0.15) is 6.04 Å². The van der Waals surface area contributed by atoms with E-state index in [-0.39, 0.29) is 23.4 Å². The van der Waals surface area contributed by atoms with Crippen molar-refractivity contribution in [3.05, 3.63) is 0 Å². The highest BCUT2D eigenvalue weighted by atomic mass is 79.9. The number of carbonyl (C=O) groups excluding carboxylic acids is 1. The highest BCUT2D eigenvalue weighted by Gasteiger charge is 2.33. The number of unbranched alkanes of at least 4 members (excludes halogenated alkanes) is 1. The largest absolute Gasteiger partial charge is 0.468 e. The summed E-state index contributed by atoms with van der Waals surface area (Å²) in [6.07, 6.45) is 0.262. The number of carbonyl (C=O) groups is 1.